The van der Waals surface area contributed by atoms with E-state index in [1.54, 1.807) is 7.11 Å². The number of rotatable bonds is 3. The number of likely N-dealkylation sites (tertiary alicyclic amines) is 1. The monoisotopic (exact) mass is 302 g/mol. The summed E-state index contributed by atoms with van der Waals surface area (Å²) in [6, 6.07) is 7.85. The number of methoxy groups -OCH3 is 1. The van der Waals surface area contributed by atoms with Crippen molar-refractivity contribution in [3.63, 3.8) is 0 Å². The lowest BCUT2D eigenvalue weighted by atomic mass is 9.77. The molecule has 0 radical (unpaired) electrons. The van der Waals surface area contributed by atoms with E-state index in [-0.39, 0.29) is 11.8 Å². The third kappa shape index (κ3) is 2.98. The van der Waals surface area contributed by atoms with Gasteiger partial charge in [0.2, 0.25) is 5.91 Å². The Morgan fingerprint density at radius 2 is 2.09 bits per heavy atom. The normalized spacial score (nSPS) is 21.8. The quantitative estimate of drug-likeness (QED) is 0.932. The van der Waals surface area contributed by atoms with Crippen molar-refractivity contribution in [2.24, 2.45) is 5.41 Å². The van der Waals surface area contributed by atoms with E-state index < -0.39 is 0 Å². The van der Waals surface area contributed by atoms with E-state index >= 15 is 0 Å². The fraction of sp³-hybridized carbons (Fsp3) is 0.611. The van der Waals surface area contributed by atoms with Crippen LogP contribution in [-0.4, -0.2) is 44.1 Å². The van der Waals surface area contributed by atoms with Gasteiger partial charge in [-0.2, -0.15) is 0 Å². The summed E-state index contributed by atoms with van der Waals surface area (Å²) in [5.41, 5.74) is 1.49. The van der Waals surface area contributed by atoms with Crippen LogP contribution >= 0.6 is 0 Å². The van der Waals surface area contributed by atoms with Crippen LogP contribution in [-0.2, 0) is 4.79 Å². The number of nitrogens with zero attached hydrogens (tertiary/aromatic N) is 1. The molecule has 4 nitrogen and oxygen atoms in total. The summed E-state index contributed by atoms with van der Waals surface area (Å²) < 4.78 is 5.26. The minimum Gasteiger partial charge on any atom is -0.497 e. The van der Waals surface area contributed by atoms with Gasteiger partial charge in [-0.15, -0.1) is 0 Å². The largest absolute Gasteiger partial charge is 0.497 e. The molecule has 1 unspecified atom stereocenters. The summed E-state index contributed by atoms with van der Waals surface area (Å²) in [6.45, 7) is 6.05. The molecule has 2 heterocycles. The second kappa shape index (κ2) is 6.29. The molecule has 3 rings (SSSR count). The van der Waals surface area contributed by atoms with E-state index in [1.165, 1.54) is 6.42 Å². The Bertz CT molecular complexity index is 528. The van der Waals surface area contributed by atoms with Gasteiger partial charge in [0.15, 0.2) is 0 Å². The molecule has 0 aliphatic carbocycles. The summed E-state index contributed by atoms with van der Waals surface area (Å²) in [5.74, 6) is 0.951. The molecule has 120 valence electrons. The van der Waals surface area contributed by atoms with Gasteiger partial charge >= 0.3 is 0 Å². The summed E-state index contributed by atoms with van der Waals surface area (Å²) in [5, 5.41) is 3.47. The van der Waals surface area contributed by atoms with Crippen molar-refractivity contribution >= 4 is 5.91 Å². The highest BCUT2D eigenvalue weighted by Gasteiger charge is 2.38. The SMILES string of the molecule is COc1cccc(C(C)C(=O)N2CCC3(CCNC3)CC2)c1. The molecule has 1 spiro atoms. The van der Waals surface area contributed by atoms with Crippen molar-refractivity contribution in [2.45, 2.75) is 32.1 Å². The molecule has 2 aliphatic heterocycles. The first kappa shape index (κ1) is 15.3. The molecule has 0 aromatic heterocycles. The first-order valence-electron chi connectivity index (χ1n) is 8.27. The Labute approximate surface area is 132 Å². The number of ether oxygens (including phenoxy) is 1. The molecule has 4 heteroatoms. The van der Waals surface area contributed by atoms with Crippen molar-refractivity contribution < 1.29 is 9.53 Å². The molecule has 1 aromatic rings. The number of hydrogen-bond acceptors (Lipinski definition) is 3. The average molecular weight is 302 g/mol. The number of carbonyl (C=O) groups excluding carboxylic acids is 1. The van der Waals surface area contributed by atoms with Crippen LogP contribution in [0.1, 0.15) is 37.7 Å². The number of amides is 1. The van der Waals surface area contributed by atoms with Crippen LogP contribution in [0.25, 0.3) is 0 Å². The zero-order chi connectivity index (χ0) is 15.6. The molecule has 1 N–H and O–H groups in total. The van der Waals surface area contributed by atoms with Gasteiger partial charge in [-0.05, 0) is 55.8 Å². The zero-order valence-electron chi connectivity index (χ0n) is 13.6. The maximum atomic E-state index is 12.8. The summed E-state index contributed by atoms with van der Waals surface area (Å²) >= 11 is 0. The van der Waals surface area contributed by atoms with Crippen LogP contribution in [0.15, 0.2) is 24.3 Å². The molecule has 1 atom stereocenters. The number of hydrogen-bond donors (Lipinski definition) is 1. The molecule has 2 fully saturated rings. The lowest BCUT2D eigenvalue weighted by molar-refractivity contribution is -0.134. The molecule has 0 bridgehead atoms. The molecule has 2 aliphatic rings. The van der Waals surface area contributed by atoms with Gasteiger partial charge in [0.1, 0.15) is 5.75 Å². The lowest BCUT2D eigenvalue weighted by Crippen LogP contribution is -2.45. The summed E-state index contributed by atoms with van der Waals surface area (Å²) in [4.78, 5) is 14.8. The second-order valence-electron chi connectivity index (χ2n) is 6.75. The smallest absolute Gasteiger partial charge is 0.229 e. The topological polar surface area (TPSA) is 41.6 Å². The van der Waals surface area contributed by atoms with E-state index in [0.29, 0.717) is 5.41 Å². The Balaban J connectivity index is 1.63. The first-order valence-corrected chi connectivity index (χ1v) is 8.27. The van der Waals surface area contributed by atoms with Gasteiger partial charge in [0.05, 0.1) is 13.0 Å². The highest BCUT2D eigenvalue weighted by molar-refractivity contribution is 5.83. The molecule has 1 aromatic carbocycles. The number of nitrogens with one attached hydrogen (secondary N) is 1. The predicted molar refractivity (Wildman–Crippen MR) is 87.1 cm³/mol. The van der Waals surface area contributed by atoms with Crippen LogP contribution in [0, 0.1) is 5.41 Å². The van der Waals surface area contributed by atoms with E-state index in [4.69, 9.17) is 4.74 Å². The fourth-order valence-corrected chi connectivity index (χ4v) is 3.75. The van der Waals surface area contributed by atoms with Crippen LogP contribution < -0.4 is 10.1 Å². The lowest BCUT2D eigenvalue weighted by Gasteiger charge is -2.39. The third-order valence-electron chi connectivity index (χ3n) is 5.43. The summed E-state index contributed by atoms with van der Waals surface area (Å²) in [7, 11) is 1.66. The van der Waals surface area contributed by atoms with Crippen molar-refractivity contribution in [1.82, 2.24) is 10.2 Å². The van der Waals surface area contributed by atoms with E-state index in [1.807, 2.05) is 36.1 Å². The van der Waals surface area contributed by atoms with Crippen molar-refractivity contribution in [3.8, 4) is 5.75 Å². The Hall–Kier alpha value is -1.55. The van der Waals surface area contributed by atoms with Crippen LogP contribution in [0.3, 0.4) is 0 Å². The Kier molecular flexibility index (Phi) is 4.39. The van der Waals surface area contributed by atoms with Crippen LogP contribution in [0.4, 0.5) is 0 Å². The Morgan fingerprint density at radius 1 is 1.32 bits per heavy atom. The number of piperidine rings is 1. The molecule has 1 amide bonds. The van der Waals surface area contributed by atoms with Gasteiger partial charge in [-0.3, -0.25) is 4.79 Å². The highest BCUT2D eigenvalue weighted by Crippen LogP contribution is 2.37. The van der Waals surface area contributed by atoms with Gasteiger partial charge in [-0.1, -0.05) is 12.1 Å². The fourth-order valence-electron chi connectivity index (χ4n) is 3.75. The maximum Gasteiger partial charge on any atom is 0.229 e. The van der Waals surface area contributed by atoms with Gasteiger partial charge in [0.25, 0.3) is 0 Å². The standard InChI is InChI=1S/C18H26N2O2/c1-14(15-4-3-5-16(12-15)22-2)17(21)20-10-7-18(8-11-20)6-9-19-13-18/h3-5,12,14,19H,6-11,13H2,1-2H3. The molecule has 22 heavy (non-hydrogen) atoms. The molecular weight excluding hydrogens is 276 g/mol. The van der Waals surface area contributed by atoms with Crippen molar-refractivity contribution in [3.05, 3.63) is 29.8 Å². The molecular formula is C18H26N2O2. The minimum atomic E-state index is -0.106. The van der Waals surface area contributed by atoms with Crippen molar-refractivity contribution in [2.75, 3.05) is 33.3 Å². The first-order chi connectivity index (χ1) is 10.6. The summed E-state index contributed by atoms with van der Waals surface area (Å²) in [6.07, 6.45) is 3.54. The second-order valence-corrected chi connectivity index (χ2v) is 6.75. The predicted octanol–water partition coefficient (Wildman–Crippen LogP) is 2.40. The van der Waals surface area contributed by atoms with Crippen LogP contribution in [0.2, 0.25) is 0 Å². The molecule has 2 saturated heterocycles. The average Bonchev–Trinajstić information content (AvgIpc) is 3.02. The third-order valence-corrected chi connectivity index (χ3v) is 5.43. The van der Waals surface area contributed by atoms with Gasteiger partial charge in [-0.25, -0.2) is 0 Å². The van der Waals surface area contributed by atoms with Crippen molar-refractivity contribution in [1.29, 1.82) is 0 Å². The number of benzene rings is 1. The Morgan fingerprint density at radius 3 is 2.73 bits per heavy atom. The maximum absolute atomic E-state index is 12.8. The van der Waals surface area contributed by atoms with E-state index in [0.717, 1.165) is 50.3 Å². The van der Waals surface area contributed by atoms with E-state index in [2.05, 4.69) is 5.32 Å². The van der Waals surface area contributed by atoms with Gasteiger partial charge in [0, 0.05) is 19.6 Å². The van der Waals surface area contributed by atoms with Crippen LogP contribution in [0.5, 0.6) is 5.75 Å². The number of carbonyl (C=O) groups is 1. The highest BCUT2D eigenvalue weighted by atomic mass is 16.5. The van der Waals surface area contributed by atoms with Gasteiger partial charge < -0.3 is 15.0 Å². The molecule has 0 saturated carbocycles. The minimum absolute atomic E-state index is 0.106. The zero-order valence-corrected chi connectivity index (χ0v) is 13.6. The van der Waals surface area contributed by atoms with E-state index in [9.17, 15) is 4.79 Å².